The van der Waals surface area contributed by atoms with E-state index in [1.807, 2.05) is 6.92 Å². The molecule has 0 aliphatic carbocycles. The highest BCUT2D eigenvalue weighted by Gasteiger charge is 2.08. The van der Waals surface area contributed by atoms with E-state index in [1.54, 1.807) is 0 Å². The smallest absolute Gasteiger partial charge is 0.0666 e. The SMILES string of the molecule is C=C(CNCCC)CN(CC)CC(C)C#N. The maximum Gasteiger partial charge on any atom is 0.0666 e. The molecule has 0 saturated heterocycles. The summed E-state index contributed by atoms with van der Waals surface area (Å²) in [5.74, 6) is 0.0938. The molecule has 3 heteroatoms. The molecule has 0 aromatic heterocycles. The summed E-state index contributed by atoms with van der Waals surface area (Å²) in [6, 6.07) is 2.27. The Kier molecular flexibility index (Phi) is 8.88. The largest absolute Gasteiger partial charge is 0.313 e. The van der Waals surface area contributed by atoms with Crippen LogP contribution in [0.5, 0.6) is 0 Å². The molecule has 0 spiro atoms. The summed E-state index contributed by atoms with van der Waals surface area (Å²) < 4.78 is 0. The van der Waals surface area contributed by atoms with Gasteiger partial charge in [-0.3, -0.25) is 4.90 Å². The van der Waals surface area contributed by atoms with E-state index in [-0.39, 0.29) is 5.92 Å². The highest BCUT2D eigenvalue weighted by Crippen LogP contribution is 2.01. The molecule has 16 heavy (non-hydrogen) atoms. The lowest BCUT2D eigenvalue weighted by Gasteiger charge is -2.22. The van der Waals surface area contributed by atoms with Crippen molar-refractivity contribution < 1.29 is 0 Å². The first-order valence-electron chi connectivity index (χ1n) is 6.13. The summed E-state index contributed by atoms with van der Waals surface area (Å²) in [5, 5.41) is 12.1. The number of hydrogen-bond donors (Lipinski definition) is 1. The third-order valence-electron chi connectivity index (χ3n) is 2.45. The van der Waals surface area contributed by atoms with Gasteiger partial charge >= 0.3 is 0 Å². The predicted octanol–water partition coefficient (Wildman–Crippen LogP) is 2.02. The number of hydrogen-bond acceptors (Lipinski definition) is 3. The first kappa shape index (κ1) is 15.2. The third kappa shape index (κ3) is 7.44. The molecule has 1 unspecified atom stereocenters. The minimum absolute atomic E-state index is 0.0938. The molecule has 0 aromatic rings. The van der Waals surface area contributed by atoms with Gasteiger partial charge < -0.3 is 5.32 Å². The topological polar surface area (TPSA) is 39.1 Å². The molecule has 0 aliphatic heterocycles. The number of nitrogens with zero attached hydrogens (tertiary/aromatic N) is 2. The Labute approximate surface area is 100 Å². The van der Waals surface area contributed by atoms with Gasteiger partial charge in [0.05, 0.1) is 12.0 Å². The number of likely N-dealkylation sites (N-methyl/N-ethyl adjacent to an activating group) is 1. The van der Waals surface area contributed by atoms with Gasteiger partial charge in [0.25, 0.3) is 0 Å². The van der Waals surface area contributed by atoms with Crippen LogP contribution in [-0.4, -0.2) is 37.6 Å². The number of nitriles is 1. The van der Waals surface area contributed by atoms with E-state index in [1.165, 1.54) is 5.57 Å². The van der Waals surface area contributed by atoms with Crippen LogP contribution in [-0.2, 0) is 0 Å². The third-order valence-corrected chi connectivity index (χ3v) is 2.45. The van der Waals surface area contributed by atoms with Crippen LogP contribution in [0.25, 0.3) is 0 Å². The lowest BCUT2D eigenvalue weighted by molar-refractivity contribution is 0.288. The second kappa shape index (κ2) is 9.38. The van der Waals surface area contributed by atoms with Crippen molar-refractivity contribution in [2.24, 2.45) is 5.92 Å². The van der Waals surface area contributed by atoms with E-state index in [0.717, 1.165) is 39.1 Å². The summed E-state index contributed by atoms with van der Waals surface area (Å²) in [4.78, 5) is 2.27. The average Bonchev–Trinajstić information content (AvgIpc) is 2.28. The maximum absolute atomic E-state index is 8.78. The number of nitrogens with one attached hydrogen (secondary N) is 1. The van der Waals surface area contributed by atoms with Crippen LogP contribution in [0.4, 0.5) is 0 Å². The van der Waals surface area contributed by atoms with Crippen molar-refractivity contribution in [3.63, 3.8) is 0 Å². The van der Waals surface area contributed by atoms with E-state index >= 15 is 0 Å². The van der Waals surface area contributed by atoms with Gasteiger partial charge in [0.1, 0.15) is 0 Å². The Morgan fingerprint density at radius 3 is 2.69 bits per heavy atom. The fourth-order valence-electron chi connectivity index (χ4n) is 1.55. The molecule has 0 heterocycles. The molecule has 1 atom stereocenters. The van der Waals surface area contributed by atoms with Crippen molar-refractivity contribution >= 4 is 0 Å². The molecule has 0 aromatic carbocycles. The highest BCUT2D eigenvalue weighted by molar-refractivity contribution is 5.00. The Morgan fingerprint density at radius 2 is 2.19 bits per heavy atom. The van der Waals surface area contributed by atoms with Crippen LogP contribution >= 0.6 is 0 Å². The lowest BCUT2D eigenvalue weighted by Crippen LogP contribution is -2.32. The molecule has 0 rings (SSSR count). The quantitative estimate of drug-likeness (QED) is 0.480. The van der Waals surface area contributed by atoms with Gasteiger partial charge in [0, 0.05) is 19.6 Å². The Bertz CT molecular complexity index is 230. The van der Waals surface area contributed by atoms with Gasteiger partial charge in [-0.2, -0.15) is 5.26 Å². The van der Waals surface area contributed by atoms with Crippen molar-refractivity contribution in [2.75, 3.05) is 32.7 Å². The average molecular weight is 223 g/mol. The van der Waals surface area contributed by atoms with E-state index in [2.05, 4.69) is 36.7 Å². The normalized spacial score (nSPS) is 12.4. The van der Waals surface area contributed by atoms with Crippen molar-refractivity contribution in [3.8, 4) is 6.07 Å². The maximum atomic E-state index is 8.78. The van der Waals surface area contributed by atoms with E-state index < -0.39 is 0 Å². The first-order valence-corrected chi connectivity index (χ1v) is 6.13. The van der Waals surface area contributed by atoms with E-state index in [9.17, 15) is 0 Å². The van der Waals surface area contributed by atoms with Gasteiger partial charge in [-0.15, -0.1) is 0 Å². The fraction of sp³-hybridized carbons (Fsp3) is 0.769. The second-order valence-electron chi connectivity index (χ2n) is 4.28. The molecule has 0 amide bonds. The van der Waals surface area contributed by atoms with Crippen LogP contribution in [0.3, 0.4) is 0 Å². The summed E-state index contributed by atoms with van der Waals surface area (Å²) >= 11 is 0. The van der Waals surface area contributed by atoms with Gasteiger partial charge in [0.2, 0.25) is 0 Å². The zero-order valence-corrected chi connectivity index (χ0v) is 10.9. The second-order valence-corrected chi connectivity index (χ2v) is 4.28. The van der Waals surface area contributed by atoms with Gasteiger partial charge in [0.15, 0.2) is 0 Å². The molecular weight excluding hydrogens is 198 g/mol. The minimum Gasteiger partial charge on any atom is -0.313 e. The van der Waals surface area contributed by atoms with Crippen LogP contribution in [0.15, 0.2) is 12.2 Å². The zero-order chi connectivity index (χ0) is 12.4. The van der Waals surface area contributed by atoms with Gasteiger partial charge in [-0.05, 0) is 32.0 Å². The molecule has 0 saturated carbocycles. The standard InChI is InChI=1S/C13H25N3/c1-5-7-15-9-13(4)11-16(6-2)10-12(3)8-14/h12,15H,4-7,9-11H2,1-3H3. The molecular formula is C13H25N3. The van der Waals surface area contributed by atoms with Crippen LogP contribution in [0.2, 0.25) is 0 Å². The lowest BCUT2D eigenvalue weighted by atomic mass is 10.2. The molecule has 0 aliphatic rings. The monoisotopic (exact) mass is 223 g/mol. The van der Waals surface area contributed by atoms with Crippen molar-refractivity contribution in [1.29, 1.82) is 5.26 Å². The molecule has 0 bridgehead atoms. The van der Waals surface area contributed by atoms with Crippen LogP contribution in [0.1, 0.15) is 27.2 Å². The van der Waals surface area contributed by atoms with E-state index in [4.69, 9.17) is 5.26 Å². The molecule has 92 valence electrons. The molecule has 1 N–H and O–H groups in total. The van der Waals surface area contributed by atoms with Crippen LogP contribution in [0, 0.1) is 17.2 Å². The fourth-order valence-corrected chi connectivity index (χ4v) is 1.55. The van der Waals surface area contributed by atoms with Gasteiger partial charge in [-0.1, -0.05) is 20.4 Å². The predicted molar refractivity (Wildman–Crippen MR) is 69.2 cm³/mol. The van der Waals surface area contributed by atoms with Gasteiger partial charge in [-0.25, -0.2) is 0 Å². The highest BCUT2D eigenvalue weighted by atomic mass is 15.1. The Morgan fingerprint density at radius 1 is 1.50 bits per heavy atom. The number of rotatable bonds is 9. The zero-order valence-electron chi connectivity index (χ0n) is 10.9. The minimum atomic E-state index is 0.0938. The summed E-state index contributed by atoms with van der Waals surface area (Å²) in [5.41, 5.74) is 1.19. The summed E-state index contributed by atoms with van der Waals surface area (Å²) in [7, 11) is 0. The molecule has 0 radical (unpaired) electrons. The van der Waals surface area contributed by atoms with Crippen LogP contribution < -0.4 is 5.32 Å². The first-order chi connectivity index (χ1) is 7.63. The van der Waals surface area contributed by atoms with E-state index in [0.29, 0.717) is 0 Å². The van der Waals surface area contributed by atoms with Crippen molar-refractivity contribution in [1.82, 2.24) is 10.2 Å². The van der Waals surface area contributed by atoms with Crippen molar-refractivity contribution in [3.05, 3.63) is 12.2 Å². The Balaban J connectivity index is 3.84. The van der Waals surface area contributed by atoms with Crippen molar-refractivity contribution in [2.45, 2.75) is 27.2 Å². The summed E-state index contributed by atoms with van der Waals surface area (Å²) in [6.45, 7) is 14.9. The molecule has 0 fully saturated rings. The summed E-state index contributed by atoms with van der Waals surface area (Å²) in [6.07, 6.45) is 1.15. The molecule has 3 nitrogen and oxygen atoms in total. The Hall–Kier alpha value is -0.850.